The van der Waals surface area contributed by atoms with Gasteiger partial charge in [-0.2, -0.15) is 0 Å². The molecular weight excluding hydrogens is 442 g/mol. The average Bonchev–Trinajstić information content (AvgIpc) is 3.62. The van der Waals surface area contributed by atoms with Crippen LogP contribution >= 0.6 is 0 Å². The van der Waals surface area contributed by atoms with Gasteiger partial charge in [-0.3, -0.25) is 0 Å². The van der Waals surface area contributed by atoms with Gasteiger partial charge >= 0.3 is 0 Å². The molecule has 36 heavy (non-hydrogen) atoms. The first-order valence-electron chi connectivity index (χ1n) is 12.1. The van der Waals surface area contributed by atoms with Gasteiger partial charge in [0.05, 0.1) is 17.5 Å². The van der Waals surface area contributed by atoms with Gasteiger partial charge in [-0.1, -0.05) is 109 Å². The van der Waals surface area contributed by atoms with Crippen molar-refractivity contribution in [1.29, 1.82) is 0 Å². The molecule has 2 N–H and O–H groups in total. The van der Waals surface area contributed by atoms with Crippen LogP contribution in [-0.2, 0) is 11.1 Å². The van der Waals surface area contributed by atoms with E-state index < -0.39 is 11.1 Å². The first-order chi connectivity index (χ1) is 17.6. The number of H-pyrrole nitrogens is 1. The fourth-order valence-corrected chi connectivity index (χ4v) is 5.37. The summed E-state index contributed by atoms with van der Waals surface area (Å²) in [5.41, 5.74) is 3.64. The van der Waals surface area contributed by atoms with Crippen LogP contribution < -0.4 is 0 Å². The molecule has 6 rings (SSSR count). The minimum Gasteiger partial charge on any atom is -0.379 e. The Labute approximate surface area is 210 Å². The molecule has 4 heteroatoms. The molecule has 2 heterocycles. The summed E-state index contributed by atoms with van der Waals surface area (Å²) >= 11 is 0. The second-order valence-corrected chi connectivity index (χ2v) is 9.29. The second-order valence-electron chi connectivity index (χ2n) is 9.29. The Morgan fingerprint density at radius 2 is 1.25 bits per heavy atom. The minimum absolute atomic E-state index is 0.580. The van der Waals surface area contributed by atoms with Gasteiger partial charge in [0.1, 0.15) is 11.1 Å². The van der Waals surface area contributed by atoms with E-state index in [1.54, 1.807) is 0 Å². The minimum atomic E-state index is -1.30. The maximum atomic E-state index is 11.9. The SMILES string of the molecule is CC(O)(c1cn(C(c2ccccc2)(c2ccccc2)c2ccccc2)cn1)c1cccc2cc[nH]c12. The van der Waals surface area contributed by atoms with Crippen LogP contribution in [0.5, 0.6) is 0 Å². The van der Waals surface area contributed by atoms with Crippen molar-refractivity contribution in [2.75, 3.05) is 0 Å². The fraction of sp³-hybridized carbons (Fsp3) is 0.0938. The summed E-state index contributed by atoms with van der Waals surface area (Å²) in [5.74, 6) is 0. The zero-order valence-corrected chi connectivity index (χ0v) is 20.0. The van der Waals surface area contributed by atoms with Gasteiger partial charge in [0.15, 0.2) is 0 Å². The lowest BCUT2D eigenvalue weighted by atomic mass is 9.76. The van der Waals surface area contributed by atoms with Crippen molar-refractivity contribution in [3.8, 4) is 0 Å². The molecule has 4 nitrogen and oxygen atoms in total. The van der Waals surface area contributed by atoms with Crippen LogP contribution in [0.1, 0.15) is 34.9 Å². The lowest BCUT2D eigenvalue weighted by Crippen LogP contribution is -2.37. The van der Waals surface area contributed by atoms with E-state index in [4.69, 9.17) is 4.98 Å². The summed E-state index contributed by atoms with van der Waals surface area (Å²) in [4.78, 5) is 8.08. The quantitative estimate of drug-likeness (QED) is 0.275. The number of para-hydroxylation sites is 1. The van der Waals surface area contributed by atoms with E-state index in [0.29, 0.717) is 5.69 Å². The highest BCUT2D eigenvalue weighted by molar-refractivity contribution is 5.83. The van der Waals surface area contributed by atoms with E-state index in [1.165, 1.54) is 0 Å². The van der Waals surface area contributed by atoms with Crippen molar-refractivity contribution >= 4 is 10.9 Å². The van der Waals surface area contributed by atoms with Crippen molar-refractivity contribution in [1.82, 2.24) is 14.5 Å². The number of nitrogens with one attached hydrogen (secondary N) is 1. The predicted octanol–water partition coefficient (Wildman–Crippen LogP) is 6.46. The van der Waals surface area contributed by atoms with Gasteiger partial charge in [0.25, 0.3) is 0 Å². The molecule has 0 aliphatic heterocycles. The molecule has 0 saturated carbocycles. The Bertz CT molecular complexity index is 1500. The number of hydrogen-bond donors (Lipinski definition) is 2. The van der Waals surface area contributed by atoms with E-state index in [-0.39, 0.29) is 0 Å². The van der Waals surface area contributed by atoms with Crippen molar-refractivity contribution in [3.63, 3.8) is 0 Å². The van der Waals surface area contributed by atoms with Crippen molar-refractivity contribution in [2.24, 2.45) is 0 Å². The number of nitrogens with zero attached hydrogens (tertiary/aromatic N) is 2. The Hall–Kier alpha value is -4.41. The van der Waals surface area contributed by atoms with Gasteiger partial charge in [-0.05, 0) is 35.1 Å². The summed E-state index contributed by atoms with van der Waals surface area (Å²) in [6.07, 6.45) is 5.72. The van der Waals surface area contributed by atoms with E-state index in [1.807, 2.05) is 68.1 Å². The smallest absolute Gasteiger partial charge is 0.132 e. The number of imidazole rings is 1. The van der Waals surface area contributed by atoms with Crippen LogP contribution in [0.3, 0.4) is 0 Å². The van der Waals surface area contributed by atoms with Crippen molar-refractivity contribution in [3.05, 3.63) is 162 Å². The molecule has 0 aliphatic rings. The molecule has 1 atom stereocenters. The van der Waals surface area contributed by atoms with E-state index in [2.05, 4.69) is 82.3 Å². The van der Waals surface area contributed by atoms with E-state index in [0.717, 1.165) is 33.2 Å². The zero-order valence-electron chi connectivity index (χ0n) is 20.0. The third-order valence-corrected chi connectivity index (χ3v) is 7.16. The lowest BCUT2D eigenvalue weighted by Gasteiger charge is -2.37. The molecule has 0 bridgehead atoms. The highest BCUT2D eigenvalue weighted by Gasteiger charge is 2.40. The molecule has 0 radical (unpaired) electrons. The van der Waals surface area contributed by atoms with Gasteiger partial charge in [-0.15, -0.1) is 0 Å². The van der Waals surface area contributed by atoms with Gasteiger partial charge < -0.3 is 14.7 Å². The molecular formula is C32H27N3O. The van der Waals surface area contributed by atoms with Crippen LogP contribution in [-0.4, -0.2) is 19.6 Å². The Kier molecular flexibility index (Phi) is 5.32. The van der Waals surface area contributed by atoms with Crippen LogP contribution in [0.25, 0.3) is 10.9 Å². The first kappa shape index (κ1) is 22.1. The van der Waals surface area contributed by atoms with E-state index >= 15 is 0 Å². The van der Waals surface area contributed by atoms with Crippen LogP contribution in [0.2, 0.25) is 0 Å². The molecule has 0 aliphatic carbocycles. The topological polar surface area (TPSA) is 53.8 Å². The van der Waals surface area contributed by atoms with Crippen LogP contribution in [0, 0.1) is 0 Å². The van der Waals surface area contributed by atoms with Crippen LogP contribution in [0.15, 0.2) is 134 Å². The largest absolute Gasteiger partial charge is 0.379 e. The van der Waals surface area contributed by atoms with Gasteiger partial charge in [0.2, 0.25) is 0 Å². The molecule has 4 aromatic carbocycles. The second kappa shape index (κ2) is 8.67. The number of aliphatic hydroxyl groups is 1. The van der Waals surface area contributed by atoms with Crippen molar-refractivity contribution in [2.45, 2.75) is 18.1 Å². The standard InChI is InChI=1S/C32H27N3O/c1-31(36,28-19-11-12-24-20-21-33-30(24)28)29-22-35(23-34-29)32(25-13-5-2-6-14-25,26-15-7-3-8-16-26)27-17-9-4-10-18-27/h2-23,33,36H,1H3. The predicted molar refractivity (Wildman–Crippen MR) is 144 cm³/mol. The molecule has 0 fully saturated rings. The summed E-state index contributed by atoms with van der Waals surface area (Å²) in [6.45, 7) is 1.81. The summed E-state index contributed by atoms with van der Waals surface area (Å²) < 4.78 is 2.13. The van der Waals surface area contributed by atoms with E-state index in [9.17, 15) is 5.11 Å². The molecule has 1 unspecified atom stereocenters. The number of aromatic nitrogens is 3. The molecule has 6 aromatic rings. The lowest BCUT2D eigenvalue weighted by molar-refractivity contribution is 0.0991. The average molecular weight is 470 g/mol. The number of aromatic amines is 1. The Balaban J connectivity index is 1.61. The molecule has 176 valence electrons. The van der Waals surface area contributed by atoms with Crippen molar-refractivity contribution < 1.29 is 5.11 Å². The summed E-state index contributed by atoms with van der Waals surface area (Å²) in [6, 6.07) is 39.4. The maximum Gasteiger partial charge on any atom is 0.132 e. The molecule has 0 amide bonds. The molecule has 2 aromatic heterocycles. The Morgan fingerprint density at radius 1 is 0.694 bits per heavy atom. The number of fused-ring (bicyclic) bond motifs is 1. The highest BCUT2D eigenvalue weighted by atomic mass is 16.3. The molecule has 0 spiro atoms. The maximum absolute atomic E-state index is 11.9. The summed E-state index contributed by atoms with van der Waals surface area (Å²) in [7, 11) is 0. The van der Waals surface area contributed by atoms with Gasteiger partial charge in [0, 0.05) is 18.0 Å². The third kappa shape index (κ3) is 3.38. The van der Waals surface area contributed by atoms with Crippen LogP contribution in [0.4, 0.5) is 0 Å². The number of benzene rings is 4. The molecule has 0 saturated heterocycles. The monoisotopic (exact) mass is 469 g/mol. The fourth-order valence-electron chi connectivity index (χ4n) is 5.37. The summed E-state index contributed by atoms with van der Waals surface area (Å²) in [5, 5.41) is 12.9. The number of hydrogen-bond acceptors (Lipinski definition) is 2. The third-order valence-electron chi connectivity index (χ3n) is 7.16. The first-order valence-corrected chi connectivity index (χ1v) is 12.1. The van der Waals surface area contributed by atoms with Gasteiger partial charge in [-0.25, -0.2) is 4.98 Å². The zero-order chi connectivity index (χ0) is 24.6. The highest BCUT2D eigenvalue weighted by Crippen LogP contribution is 2.42. The Morgan fingerprint density at radius 3 is 1.81 bits per heavy atom. The normalized spacial score (nSPS) is 13.5. The number of rotatable bonds is 6.